The number of hydrogen-bond donors (Lipinski definition) is 2. The van der Waals surface area contributed by atoms with Gasteiger partial charge in [0.05, 0.1) is 28.4 Å². The fraction of sp³-hybridized carbons (Fsp3) is 0.161. The second-order valence-corrected chi connectivity index (χ2v) is 11.0. The first-order valence-corrected chi connectivity index (χ1v) is 14.2. The van der Waals surface area contributed by atoms with Crippen molar-refractivity contribution in [1.82, 2.24) is 5.32 Å². The van der Waals surface area contributed by atoms with Gasteiger partial charge in [0.2, 0.25) is 0 Å². The first-order valence-electron chi connectivity index (χ1n) is 12.7. The van der Waals surface area contributed by atoms with Crippen molar-refractivity contribution < 1.29 is 18.0 Å². The molecule has 7 nitrogen and oxygen atoms in total. The highest BCUT2D eigenvalue weighted by Crippen LogP contribution is 2.26. The zero-order valence-corrected chi connectivity index (χ0v) is 22.7. The summed E-state index contributed by atoms with van der Waals surface area (Å²) in [4.78, 5) is 25.9. The molecule has 0 aliphatic rings. The number of anilines is 2. The zero-order valence-electron chi connectivity index (χ0n) is 21.9. The van der Waals surface area contributed by atoms with Crippen molar-refractivity contribution in [2.24, 2.45) is 0 Å². The van der Waals surface area contributed by atoms with E-state index in [1.807, 2.05) is 19.9 Å². The lowest BCUT2D eigenvalue weighted by Gasteiger charge is -2.25. The maximum absolute atomic E-state index is 13.5. The summed E-state index contributed by atoms with van der Waals surface area (Å²) in [5.41, 5.74) is 2.43. The topological polar surface area (TPSA) is 95.6 Å². The Kier molecular flexibility index (Phi) is 8.78. The van der Waals surface area contributed by atoms with Crippen LogP contribution >= 0.6 is 0 Å². The predicted molar refractivity (Wildman–Crippen MR) is 154 cm³/mol. The molecule has 4 aromatic rings. The van der Waals surface area contributed by atoms with Crippen LogP contribution in [0.15, 0.2) is 114 Å². The summed E-state index contributed by atoms with van der Waals surface area (Å²) >= 11 is 0. The van der Waals surface area contributed by atoms with Crippen molar-refractivity contribution in [3.8, 4) is 0 Å². The lowest BCUT2D eigenvalue weighted by Crippen LogP contribution is -2.32. The summed E-state index contributed by atoms with van der Waals surface area (Å²) in [6, 6.07) is 30.8. The van der Waals surface area contributed by atoms with Crippen molar-refractivity contribution in [3.05, 3.63) is 126 Å². The molecule has 1 atom stereocenters. The Morgan fingerprint density at radius 1 is 0.769 bits per heavy atom. The van der Waals surface area contributed by atoms with Gasteiger partial charge in [-0.15, -0.1) is 0 Å². The fourth-order valence-electron chi connectivity index (χ4n) is 3.94. The van der Waals surface area contributed by atoms with Crippen LogP contribution in [0.3, 0.4) is 0 Å². The molecular weight excluding hydrogens is 510 g/mol. The average Bonchev–Trinajstić information content (AvgIpc) is 2.97. The normalized spacial score (nSPS) is 11.8. The van der Waals surface area contributed by atoms with Crippen molar-refractivity contribution in [1.29, 1.82) is 0 Å². The van der Waals surface area contributed by atoms with E-state index in [4.69, 9.17) is 0 Å². The van der Waals surface area contributed by atoms with Crippen molar-refractivity contribution >= 4 is 33.2 Å². The van der Waals surface area contributed by atoms with Crippen LogP contribution in [-0.4, -0.2) is 26.3 Å². The molecule has 0 saturated carbocycles. The molecule has 0 fully saturated rings. The lowest BCUT2D eigenvalue weighted by molar-refractivity contribution is 0.0940. The molecule has 0 saturated heterocycles. The molecule has 0 aliphatic carbocycles. The van der Waals surface area contributed by atoms with E-state index in [0.29, 0.717) is 28.1 Å². The maximum Gasteiger partial charge on any atom is 0.264 e. The number of carbonyl (C=O) groups is 2. The summed E-state index contributed by atoms with van der Waals surface area (Å²) in [5.74, 6) is -0.626. The minimum absolute atomic E-state index is 0.00922. The zero-order chi connectivity index (χ0) is 27.8. The predicted octanol–water partition coefficient (Wildman–Crippen LogP) is 5.86. The van der Waals surface area contributed by atoms with Crippen LogP contribution in [0.4, 0.5) is 11.4 Å². The Morgan fingerprint density at radius 3 is 2.00 bits per heavy atom. The van der Waals surface area contributed by atoms with E-state index < -0.39 is 10.0 Å². The van der Waals surface area contributed by atoms with Crippen molar-refractivity contribution in [2.45, 2.75) is 37.8 Å². The molecule has 2 N–H and O–H groups in total. The standard InChI is InChI=1S/C31H31N3O4S/c1-3-23(2)32-31(36)28-16-10-11-17-29(28)33-30(35)25-20-18-24(19-21-25)22-34(26-12-6-4-7-13-26)39(37,38)27-14-8-5-9-15-27/h4-21,23H,3,22H2,1-2H3,(H,32,36)(H,33,35)/t23-/m0/s1. The molecule has 0 aromatic heterocycles. The molecule has 8 heteroatoms. The number of para-hydroxylation sites is 2. The minimum atomic E-state index is -3.83. The average molecular weight is 542 g/mol. The van der Waals surface area contributed by atoms with Gasteiger partial charge in [-0.05, 0) is 67.4 Å². The molecule has 4 aromatic carbocycles. The molecule has 4 rings (SSSR count). The van der Waals surface area contributed by atoms with E-state index in [9.17, 15) is 18.0 Å². The number of benzene rings is 4. The molecule has 0 radical (unpaired) electrons. The molecule has 0 heterocycles. The number of amides is 2. The van der Waals surface area contributed by atoms with Crippen LogP contribution in [0.2, 0.25) is 0 Å². The van der Waals surface area contributed by atoms with E-state index in [1.54, 1.807) is 103 Å². The Morgan fingerprint density at radius 2 is 1.36 bits per heavy atom. The highest BCUT2D eigenvalue weighted by atomic mass is 32.2. The summed E-state index contributed by atoms with van der Waals surface area (Å²) in [7, 11) is -3.83. The maximum atomic E-state index is 13.5. The molecule has 0 spiro atoms. The SMILES string of the molecule is CC[C@H](C)NC(=O)c1ccccc1NC(=O)c1ccc(CN(c2ccccc2)S(=O)(=O)c2ccccc2)cc1. The van der Waals surface area contributed by atoms with E-state index >= 15 is 0 Å². The molecule has 39 heavy (non-hydrogen) atoms. The lowest BCUT2D eigenvalue weighted by atomic mass is 10.1. The second kappa shape index (κ2) is 12.4. The van der Waals surface area contributed by atoms with Gasteiger partial charge in [0.15, 0.2) is 0 Å². The smallest absolute Gasteiger partial charge is 0.264 e. The van der Waals surface area contributed by atoms with E-state index in [1.165, 1.54) is 4.31 Å². The van der Waals surface area contributed by atoms with Crippen LogP contribution < -0.4 is 14.9 Å². The van der Waals surface area contributed by atoms with Crippen LogP contribution in [0, 0.1) is 0 Å². The first-order chi connectivity index (χ1) is 18.8. The minimum Gasteiger partial charge on any atom is -0.350 e. The van der Waals surface area contributed by atoms with E-state index in [-0.39, 0.29) is 29.3 Å². The Balaban J connectivity index is 1.54. The molecule has 2 amide bonds. The third kappa shape index (κ3) is 6.72. The largest absolute Gasteiger partial charge is 0.350 e. The van der Waals surface area contributed by atoms with Gasteiger partial charge in [-0.25, -0.2) is 8.42 Å². The van der Waals surface area contributed by atoms with Gasteiger partial charge in [-0.2, -0.15) is 0 Å². The van der Waals surface area contributed by atoms with Crippen molar-refractivity contribution in [3.63, 3.8) is 0 Å². The van der Waals surface area contributed by atoms with Gasteiger partial charge in [0.25, 0.3) is 21.8 Å². The molecule has 200 valence electrons. The van der Waals surface area contributed by atoms with Crippen LogP contribution in [0.5, 0.6) is 0 Å². The third-order valence-corrected chi connectivity index (χ3v) is 8.12. The van der Waals surface area contributed by atoms with Crippen LogP contribution in [0.1, 0.15) is 46.5 Å². The highest BCUT2D eigenvalue weighted by Gasteiger charge is 2.25. The number of sulfonamides is 1. The molecule has 0 aliphatic heterocycles. The number of nitrogens with zero attached hydrogens (tertiary/aromatic N) is 1. The van der Waals surface area contributed by atoms with Gasteiger partial charge in [-0.3, -0.25) is 13.9 Å². The number of nitrogens with one attached hydrogen (secondary N) is 2. The van der Waals surface area contributed by atoms with E-state index in [0.717, 1.165) is 6.42 Å². The van der Waals surface area contributed by atoms with Gasteiger partial charge in [0.1, 0.15) is 0 Å². The Hall–Kier alpha value is -4.43. The number of rotatable bonds is 10. The summed E-state index contributed by atoms with van der Waals surface area (Å²) in [5, 5.41) is 5.74. The van der Waals surface area contributed by atoms with Gasteiger partial charge in [0, 0.05) is 11.6 Å². The highest BCUT2D eigenvalue weighted by molar-refractivity contribution is 7.92. The van der Waals surface area contributed by atoms with E-state index in [2.05, 4.69) is 10.6 Å². The van der Waals surface area contributed by atoms with Gasteiger partial charge in [-0.1, -0.05) is 67.6 Å². The first kappa shape index (κ1) is 27.6. The molecule has 0 bridgehead atoms. The Bertz CT molecular complexity index is 1520. The summed E-state index contributed by atoms with van der Waals surface area (Å²) in [6.07, 6.45) is 0.793. The van der Waals surface area contributed by atoms with Gasteiger partial charge >= 0.3 is 0 Å². The summed E-state index contributed by atoms with van der Waals surface area (Å²) in [6.45, 7) is 3.99. The second-order valence-electron chi connectivity index (χ2n) is 9.14. The number of hydrogen-bond acceptors (Lipinski definition) is 4. The summed E-state index contributed by atoms with van der Waals surface area (Å²) < 4.78 is 28.4. The fourth-order valence-corrected chi connectivity index (χ4v) is 5.42. The monoisotopic (exact) mass is 541 g/mol. The third-order valence-electron chi connectivity index (χ3n) is 6.33. The van der Waals surface area contributed by atoms with Gasteiger partial charge < -0.3 is 10.6 Å². The Labute approximate surface area is 229 Å². The quantitative estimate of drug-likeness (QED) is 0.263. The van der Waals surface area contributed by atoms with Crippen LogP contribution in [0.25, 0.3) is 0 Å². The molecule has 0 unspecified atom stereocenters. The number of carbonyl (C=O) groups excluding carboxylic acids is 2. The molecular formula is C31H31N3O4S. The van der Waals surface area contributed by atoms with Crippen molar-refractivity contribution in [2.75, 3.05) is 9.62 Å². The van der Waals surface area contributed by atoms with Crippen LogP contribution in [-0.2, 0) is 16.6 Å².